The number of aromatic nitrogens is 1. The molecule has 1 N–H and O–H groups in total. The molecule has 5 rings (SSSR count). The molecule has 0 bridgehead atoms. The van der Waals surface area contributed by atoms with Gasteiger partial charge in [0.1, 0.15) is 5.75 Å². The SMILES string of the molecule is CSN1CCN(C(=O)COc2ccc3c(c2)C(C)(C)c2[nH]c4cc(Br)ccc4c2C3=O)CC1. The summed E-state index contributed by atoms with van der Waals surface area (Å²) >= 11 is 5.23. The van der Waals surface area contributed by atoms with Crippen molar-refractivity contribution in [2.45, 2.75) is 19.3 Å². The van der Waals surface area contributed by atoms with Gasteiger partial charge in [-0.15, -0.1) is 0 Å². The molecule has 0 atom stereocenters. The number of ketones is 1. The van der Waals surface area contributed by atoms with E-state index in [0.29, 0.717) is 24.4 Å². The van der Waals surface area contributed by atoms with E-state index in [0.717, 1.165) is 45.3 Å². The Hall–Kier alpha value is -2.29. The van der Waals surface area contributed by atoms with E-state index in [4.69, 9.17) is 4.74 Å². The van der Waals surface area contributed by atoms with Crippen molar-refractivity contribution < 1.29 is 14.3 Å². The fourth-order valence-corrected chi connectivity index (χ4v) is 5.72. The minimum absolute atomic E-state index is 0.00189. The van der Waals surface area contributed by atoms with Gasteiger partial charge in [0.25, 0.3) is 5.91 Å². The fraction of sp³-hybridized carbons (Fsp3) is 0.360. The van der Waals surface area contributed by atoms with E-state index in [1.165, 1.54) is 0 Å². The van der Waals surface area contributed by atoms with Crippen LogP contribution in [0.1, 0.15) is 41.0 Å². The van der Waals surface area contributed by atoms with E-state index in [1.54, 1.807) is 18.0 Å². The van der Waals surface area contributed by atoms with Gasteiger partial charge in [0.2, 0.25) is 0 Å². The third-order valence-electron chi connectivity index (χ3n) is 6.73. The van der Waals surface area contributed by atoms with Crippen LogP contribution in [0, 0.1) is 0 Å². The molecule has 1 fully saturated rings. The Kier molecular flexibility index (Phi) is 5.79. The van der Waals surface area contributed by atoms with Gasteiger partial charge in [-0.1, -0.05) is 47.8 Å². The summed E-state index contributed by atoms with van der Waals surface area (Å²) in [4.78, 5) is 31.4. The van der Waals surface area contributed by atoms with Gasteiger partial charge in [-0.25, -0.2) is 4.31 Å². The van der Waals surface area contributed by atoms with Crippen molar-refractivity contribution in [1.29, 1.82) is 0 Å². The molecule has 6 nitrogen and oxygen atoms in total. The van der Waals surface area contributed by atoms with Crippen molar-refractivity contribution in [2.24, 2.45) is 0 Å². The molecule has 2 aliphatic rings. The van der Waals surface area contributed by atoms with Crippen LogP contribution in [0.25, 0.3) is 10.9 Å². The van der Waals surface area contributed by atoms with Gasteiger partial charge < -0.3 is 14.6 Å². The lowest BCUT2D eigenvalue weighted by Crippen LogP contribution is -2.47. The Morgan fingerprint density at radius 2 is 1.91 bits per heavy atom. The zero-order chi connectivity index (χ0) is 23.3. The van der Waals surface area contributed by atoms with Crippen molar-refractivity contribution in [3.8, 4) is 5.75 Å². The predicted molar refractivity (Wildman–Crippen MR) is 135 cm³/mol. The highest BCUT2D eigenvalue weighted by atomic mass is 79.9. The second-order valence-corrected chi connectivity index (χ2v) is 10.8. The minimum Gasteiger partial charge on any atom is -0.484 e. The molecule has 1 aromatic heterocycles. The lowest BCUT2D eigenvalue weighted by atomic mass is 9.71. The Morgan fingerprint density at radius 3 is 2.64 bits per heavy atom. The molecule has 2 aromatic carbocycles. The van der Waals surface area contributed by atoms with Gasteiger partial charge in [0.05, 0.1) is 5.56 Å². The summed E-state index contributed by atoms with van der Waals surface area (Å²) < 4.78 is 9.11. The second kappa shape index (κ2) is 8.49. The van der Waals surface area contributed by atoms with Gasteiger partial charge in [-0.05, 0) is 42.2 Å². The molecule has 0 saturated carbocycles. The number of rotatable bonds is 4. The third kappa shape index (κ3) is 3.88. The summed E-state index contributed by atoms with van der Waals surface area (Å²) in [5, 5.41) is 0.935. The first-order chi connectivity index (χ1) is 15.8. The standard InChI is InChI=1S/C25H26BrN3O3S/c1-25(2)19-13-16(32-14-21(30)28-8-10-29(33-3)11-9-28)5-7-17(19)23(31)22-18-6-4-15(26)12-20(18)27-24(22)25/h4-7,12-13,27H,8-11,14H2,1-3H3. The Morgan fingerprint density at radius 1 is 1.15 bits per heavy atom. The highest BCUT2D eigenvalue weighted by Gasteiger charge is 2.39. The van der Waals surface area contributed by atoms with E-state index in [1.807, 2.05) is 35.2 Å². The molecule has 33 heavy (non-hydrogen) atoms. The first kappa shape index (κ1) is 22.5. The average molecular weight is 528 g/mol. The number of carbonyl (C=O) groups is 2. The molecular formula is C25H26BrN3O3S. The summed E-state index contributed by atoms with van der Waals surface area (Å²) in [5.41, 5.74) is 3.76. The highest BCUT2D eigenvalue weighted by molar-refractivity contribution is 9.10. The van der Waals surface area contributed by atoms with Crippen LogP contribution >= 0.6 is 27.9 Å². The Bertz CT molecular complexity index is 1260. The van der Waals surface area contributed by atoms with Crippen molar-refractivity contribution in [3.63, 3.8) is 0 Å². The number of carbonyl (C=O) groups excluding carboxylic acids is 2. The van der Waals surface area contributed by atoms with Crippen LogP contribution in [0.4, 0.5) is 0 Å². The molecule has 1 amide bonds. The summed E-state index contributed by atoms with van der Waals surface area (Å²) in [6, 6.07) is 11.5. The highest BCUT2D eigenvalue weighted by Crippen LogP contribution is 2.44. The van der Waals surface area contributed by atoms with E-state index in [-0.39, 0.29) is 18.3 Å². The number of ether oxygens (including phenoxy) is 1. The number of piperazine rings is 1. The van der Waals surface area contributed by atoms with Gasteiger partial charge in [0.15, 0.2) is 12.4 Å². The van der Waals surface area contributed by atoms with Crippen molar-refractivity contribution in [3.05, 3.63) is 63.3 Å². The summed E-state index contributed by atoms with van der Waals surface area (Å²) in [5.74, 6) is 0.613. The van der Waals surface area contributed by atoms with E-state index in [9.17, 15) is 9.59 Å². The quantitative estimate of drug-likeness (QED) is 0.502. The molecule has 0 spiro atoms. The van der Waals surface area contributed by atoms with Crippen LogP contribution in [0.5, 0.6) is 5.75 Å². The minimum atomic E-state index is -0.415. The van der Waals surface area contributed by atoms with Gasteiger partial charge >= 0.3 is 0 Å². The smallest absolute Gasteiger partial charge is 0.260 e. The molecule has 1 aliphatic heterocycles. The van der Waals surface area contributed by atoms with Crippen LogP contribution in [0.15, 0.2) is 40.9 Å². The van der Waals surface area contributed by atoms with Crippen molar-refractivity contribution in [1.82, 2.24) is 14.2 Å². The molecule has 0 radical (unpaired) electrons. The van der Waals surface area contributed by atoms with Gasteiger partial charge in [-0.3, -0.25) is 9.59 Å². The number of benzene rings is 2. The van der Waals surface area contributed by atoms with Crippen LogP contribution in [-0.2, 0) is 10.2 Å². The van der Waals surface area contributed by atoms with Crippen LogP contribution in [-0.4, -0.2) is 64.9 Å². The van der Waals surface area contributed by atoms with E-state index in [2.05, 4.69) is 45.3 Å². The lowest BCUT2D eigenvalue weighted by molar-refractivity contribution is -0.134. The molecule has 8 heteroatoms. The monoisotopic (exact) mass is 527 g/mol. The maximum absolute atomic E-state index is 13.5. The molecular weight excluding hydrogens is 502 g/mol. The lowest BCUT2D eigenvalue weighted by Gasteiger charge is -2.33. The van der Waals surface area contributed by atoms with Gasteiger partial charge in [-0.2, -0.15) is 0 Å². The molecule has 3 aromatic rings. The topological polar surface area (TPSA) is 65.6 Å². The number of nitrogens with one attached hydrogen (secondary N) is 1. The van der Waals surface area contributed by atoms with Crippen LogP contribution in [0.2, 0.25) is 0 Å². The molecule has 0 unspecified atom stereocenters. The zero-order valence-corrected chi connectivity index (χ0v) is 21.3. The Labute approximate surface area is 205 Å². The van der Waals surface area contributed by atoms with Crippen LogP contribution in [0.3, 0.4) is 0 Å². The third-order valence-corrected chi connectivity index (χ3v) is 8.11. The normalized spacial score (nSPS) is 17.7. The number of H-pyrrole nitrogens is 1. The van der Waals surface area contributed by atoms with Gasteiger partial charge in [0, 0.05) is 58.2 Å². The second-order valence-electron chi connectivity index (χ2n) is 9.01. The van der Waals surface area contributed by atoms with Crippen molar-refractivity contribution in [2.75, 3.05) is 39.0 Å². The molecule has 2 heterocycles. The Balaban J connectivity index is 1.39. The zero-order valence-electron chi connectivity index (χ0n) is 18.9. The molecule has 1 saturated heterocycles. The number of nitrogens with zero attached hydrogens (tertiary/aromatic N) is 2. The summed E-state index contributed by atoms with van der Waals surface area (Å²) in [7, 11) is 0. The maximum atomic E-state index is 13.5. The summed E-state index contributed by atoms with van der Waals surface area (Å²) in [6.07, 6.45) is 2.06. The number of amides is 1. The predicted octanol–water partition coefficient (Wildman–Crippen LogP) is 4.60. The first-order valence-electron chi connectivity index (χ1n) is 11.0. The molecule has 172 valence electrons. The van der Waals surface area contributed by atoms with Crippen LogP contribution < -0.4 is 4.74 Å². The number of hydrogen-bond donors (Lipinski definition) is 1. The fourth-order valence-electron chi connectivity index (χ4n) is 4.83. The summed E-state index contributed by atoms with van der Waals surface area (Å²) in [6.45, 7) is 7.39. The largest absolute Gasteiger partial charge is 0.484 e. The van der Waals surface area contributed by atoms with E-state index < -0.39 is 5.41 Å². The van der Waals surface area contributed by atoms with Crippen molar-refractivity contribution >= 4 is 50.5 Å². The number of halogens is 1. The molecule has 1 aliphatic carbocycles. The number of aromatic amines is 1. The average Bonchev–Trinajstić information content (AvgIpc) is 3.21. The number of hydrogen-bond acceptors (Lipinski definition) is 5. The maximum Gasteiger partial charge on any atom is 0.260 e. The first-order valence-corrected chi connectivity index (χ1v) is 13.0. The van der Waals surface area contributed by atoms with E-state index >= 15 is 0 Å². The number of fused-ring (bicyclic) bond motifs is 4.